The third kappa shape index (κ3) is 5.35. The molecule has 35 heavy (non-hydrogen) atoms. The molecular weight excluding hydrogens is 464 g/mol. The van der Waals surface area contributed by atoms with Crippen LogP contribution in [0, 0.1) is 11.3 Å². The topological polar surface area (TPSA) is 89.2 Å². The van der Waals surface area contributed by atoms with Crippen LogP contribution in [0.5, 0.6) is 11.5 Å². The second-order valence-corrected chi connectivity index (χ2v) is 7.85. The van der Waals surface area contributed by atoms with E-state index in [4.69, 9.17) is 26.2 Å². The molecule has 0 aliphatic heterocycles. The van der Waals surface area contributed by atoms with E-state index in [9.17, 15) is 10.1 Å². The fourth-order valence-electron chi connectivity index (χ4n) is 3.45. The molecule has 7 nitrogen and oxygen atoms in total. The highest BCUT2D eigenvalue weighted by Crippen LogP contribution is 2.34. The summed E-state index contributed by atoms with van der Waals surface area (Å²) in [4.78, 5) is 12.8. The molecule has 1 N–H and O–H groups in total. The minimum absolute atomic E-state index is 0.0747. The van der Waals surface area contributed by atoms with Crippen LogP contribution in [0.2, 0.25) is 5.02 Å². The first kappa shape index (κ1) is 23.6. The van der Waals surface area contributed by atoms with Gasteiger partial charge in [0.25, 0.3) is 5.91 Å². The highest BCUT2D eigenvalue weighted by molar-refractivity contribution is 6.30. The molecule has 174 valence electrons. The van der Waals surface area contributed by atoms with Crippen molar-refractivity contribution in [2.75, 3.05) is 19.5 Å². The summed E-state index contributed by atoms with van der Waals surface area (Å²) in [6, 6.07) is 23.6. The number of para-hydroxylation sites is 1. The largest absolute Gasteiger partial charge is 0.493 e. The average Bonchev–Trinajstić information content (AvgIpc) is 3.32. The van der Waals surface area contributed by atoms with Gasteiger partial charge in [0.1, 0.15) is 17.3 Å². The van der Waals surface area contributed by atoms with E-state index in [1.54, 1.807) is 61.5 Å². The Morgan fingerprint density at radius 1 is 1.03 bits per heavy atom. The zero-order valence-electron chi connectivity index (χ0n) is 19.0. The monoisotopic (exact) mass is 484 g/mol. The summed E-state index contributed by atoms with van der Waals surface area (Å²) in [5.41, 5.74) is 3.18. The van der Waals surface area contributed by atoms with Crippen LogP contribution in [0.25, 0.3) is 23.0 Å². The third-order valence-corrected chi connectivity index (χ3v) is 5.44. The number of hydrogen-bond donors (Lipinski definition) is 1. The summed E-state index contributed by atoms with van der Waals surface area (Å²) in [5, 5.41) is 17.8. The van der Waals surface area contributed by atoms with Crippen LogP contribution in [-0.4, -0.2) is 29.9 Å². The molecule has 0 unspecified atom stereocenters. The Hall–Kier alpha value is -4.54. The summed E-state index contributed by atoms with van der Waals surface area (Å²) < 4.78 is 12.5. The van der Waals surface area contributed by atoms with E-state index in [1.165, 1.54) is 6.08 Å². The van der Waals surface area contributed by atoms with Crippen molar-refractivity contribution in [2.24, 2.45) is 0 Å². The zero-order chi connectivity index (χ0) is 24.8. The van der Waals surface area contributed by atoms with Gasteiger partial charge in [-0.3, -0.25) is 4.79 Å². The molecule has 0 aliphatic carbocycles. The first-order valence-electron chi connectivity index (χ1n) is 10.6. The van der Waals surface area contributed by atoms with Crippen LogP contribution < -0.4 is 14.8 Å². The maximum absolute atomic E-state index is 12.8. The Morgan fingerprint density at radius 3 is 2.40 bits per heavy atom. The summed E-state index contributed by atoms with van der Waals surface area (Å²) in [6.07, 6.45) is 3.29. The van der Waals surface area contributed by atoms with Crippen LogP contribution in [-0.2, 0) is 4.79 Å². The predicted molar refractivity (Wildman–Crippen MR) is 136 cm³/mol. The molecule has 0 spiro atoms. The first-order chi connectivity index (χ1) is 17.0. The Labute approximate surface area is 207 Å². The van der Waals surface area contributed by atoms with Crippen LogP contribution in [0.15, 0.2) is 84.6 Å². The Morgan fingerprint density at radius 2 is 1.74 bits per heavy atom. The fraction of sp³-hybridized carbons (Fsp3) is 0.0741. The van der Waals surface area contributed by atoms with Gasteiger partial charge in [0.05, 0.1) is 19.9 Å². The van der Waals surface area contributed by atoms with E-state index in [2.05, 4.69) is 5.32 Å². The number of ether oxygens (including phenoxy) is 2. The number of aromatic nitrogens is 2. The number of methoxy groups -OCH3 is 2. The van der Waals surface area contributed by atoms with Gasteiger partial charge >= 0.3 is 0 Å². The highest BCUT2D eigenvalue weighted by atomic mass is 35.5. The van der Waals surface area contributed by atoms with Crippen molar-refractivity contribution in [2.45, 2.75) is 0 Å². The van der Waals surface area contributed by atoms with Crippen molar-refractivity contribution >= 4 is 29.3 Å². The number of nitriles is 1. The summed E-state index contributed by atoms with van der Waals surface area (Å²) in [7, 11) is 3.12. The van der Waals surface area contributed by atoms with Crippen molar-refractivity contribution in [3.05, 3.63) is 95.2 Å². The lowest BCUT2D eigenvalue weighted by Crippen LogP contribution is -2.13. The van der Waals surface area contributed by atoms with Crippen LogP contribution in [0.1, 0.15) is 5.56 Å². The summed E-state index contributed by atoms with van der Waals surface area (Å²) >= 11 is 5.91. The molecule has 0 atom stereocenters. The van der Waals surface area contributed by atoms with Crippen molar-refractivity contribution in [1.82, 2.24) is 9.78 Å². The van der Waals surface area contributed by atoms with Gasteiger partial charge in [0.15, 0.2) is 11.5 Å². The lowest BCUT2D eigenvalue weighted by atomic mass is 10.1. The van der Waals surface area contributed by atoms with E-state index in [0.29, 0.717) is 33.5 Å². The van der Waals surface area contributed by atoms with Gasteiger partial charge in [-0.25, -0.2) is 4.68 Å². The first-order valence-corrected chi connectivity index (χ1v) is 11.0. The smallest absolute Gasteiger partial charge is 0.266 e. The molecule has 1 amide bonds. The van der Waals surface area contributed by atoms with Gasteiger partial charge in [-0.05, 0) is 60.7 Å². The second-order valence-electron chi connectivity index (χ2n) is 7.41. The van der Waals surface area contributed by atoms with E-state index in [-0.39, 0.29) is 5.57 Å². The summed E-state index contributed by atoms with van der Waals surface area (Å²) in [5.74, 6) is 0.576. The number of halogens is 1. The van der Waals surface area contributed by atoms with E-state index in [1.807, 2.05) is 42.5 Å². The van der Waals surface area contributed by atoms with Gasteiger partial charge in [-0.2, -0.15) is 10.4 Å². The normalized spacial score (nSPS) is 11.0. The number of hydrogen-bond acceptors (Lipinski definition) is 5. The minimum atomic E-state index is -0.541. The van der Waals surface area contributed by atoms with Crippen molar-refractivity contribution in [3.8, 4) is 34.5 Å². The molecule has 0 saturated carbocycles. The highest BCUT2D eigenvalue weighted by Gasteiger charge is 2.17. The maximum atomic E-state index is 12.8. The van der Waals surface area contributed by atoms with E-state index >= 15 is 0 Å². The van der Waals surface area contributed by atoms with Crippen molar-refractivity contribution < 1.29 is 14.3 Å². The number of rotatable bonds is 7. The van der Waals surface area contributed by atoms with E-state index < -0.39 is 5.91 Å². The third-order valence-electron chi connectivity index (χ3n) is 5.19. The number of amides is 1. The fourth-order valence-corrected chi connectivity index (χ4v) is 3.58. The van der Waals surface area contributed by atoms with Crippen molar-refractivity contribution in [3.63, 3.8) is 0 Å². The van der Waals surface area contributed by atoms with Crippen LogP contribution >= 0.6 is 11.6 Å². The molecule has 4 rings (SSSR count). The molecule has 4 aromatic rings. The van der Waals surface area contributed by atoms with Crippen molar-refractivity contribution in [1.29, 1.82) is 5.26 Å². The molecule has 1 aromatic heterocycles. The SMILES string of the molecule is COc1ccc(-c2nn(-c3ccccc3)cc2/C=C(\C#N)C(=O)Nc2ccc(Cl)cc2)cc1OC. The molecule has 0 bridgehead atoms. The average molecular weight is 485 g/mol. The Kier molecular flexibility index (Phi) is 7.15. The van der Waals surface area contributed by atoms with Crippen LogP contribution in [0.4, 0.5) is 5.69 Å². The number of benzene rings is 3. The van der Waals surface area contributed by atoms with Gasteiger partial charge in [-0.15, -0.1) is 0 Å². The predicted octanol–water partition coefficient (Wildman–Crippen LogP) is 5.76. The van der Waals surface area contributed by atoms with Crippen LogP contribution in [0.3, 0.4) is 0 Å². The summed E-state index contributed by atoms with van der Waals surface area (Å²) in [6.45, 7) is 0. The minimum Gasteiger partial charge on any atom is -0.493 e. The number of carbonyl (C=O) groups is 1. The van der Waals surface area contributed by atoms with E-state index in [0.717, 1.165) is 11.3 Å². The standard InChI is InChI=1S/C27H21ClN4O3/c1-34-24-13-8-18(15-25(24)35-2)26-20(17-32(31-26)23-6-4-3-5-7-23)14-19(16-29)27(33)30-22-11-9-21(28)10-12-22/h3-15,17H,1-2H3,(H,30,33)/b19-14+. The molecular formula is C27H21ClN4O3. The lowest BCUT2D eigenvalue weighted by Gasteiger charge is -2.09. The lowest BCUT2D eigenvalue weighted by molar-refractivity contribution is -0.112. The van der Waals surface area contributed by atoms with Gasteiger partial charge in [0.2, 0.25) is 0 Å². The van der Waals surface area contributed by atoms with Gasteiger partial charge < -0.3 is 14.8 Å². The number of anilines is 1. The van der Waals surface area contributed by atoms with Gasteiger partial charge in [-0.1, -0.05) is 29.8 Å². The number of nitrogens with one attached hydrogen (secondary N) is 1. The maximum Gasteiger partial charge on any atom is 0.266 e. The Bertz CT molecular complexity index is 1420. The molecule has 0 saturated heterocycles. The molecule has 8 heteroatoms. The molecule has 0 fully saturated rings. The molecule has 3 aromatic carbocycles. The second kappa shape index (κ2) is 10.6. The molecule has 0 radical (unpaired) electrons. The number of nitrogens with zero attached hydrogens (tertiary/aromatic N) is 3. The molecule has 1 heterocycles. The molecule has 0 aliphatic rings. The van der Waals surface area contributed by atoms with Gasteiger partial charge in [0, 0.05) is 28.0 Å². The quantitative estimate of drug-likeness (QED) is 0.266. The number of carbonyl (C=O) groups excluding carboxylic acids is 1. The Balaban J connectivity index is 1.78. The zero-order valence-corrected chi connectivity index (χ0v) is 19.8.